The van der Waals surface area contributed by atoms with Gasteiger partial charge in [-0.15, -0.1) is 0 Å². The van der Waals surface area contributed by atoms with Crippen molar-refractivity contribution in [2.45, 2.75) is 90.6 Å². The summed E-state index contributed by atoms with van der Waals surface area (Å²) in [6, 6.07) is 0.589. The third-order valence-corrected chi connectivity index (χ3v) is 11.5. The molecule has 0 aromatic rings. The average molecular weight is 372 g/mol. The zero-order valence-corrected chi connectivity index (χ0v) is 19.2. The highest BCUT2D eigenvalue weighted by molar-refractivity contribution is 6.78. The molecule has 4 unspecified atom stereocenters. The van der Waals surface area contributed by atoms with Crippen LogP contribution < -0.4 is 5.32 Å². The van der Waals surface area contributed by atoms with Crippen LogP contribution in [0.3, 0.4) is 0 Å². The van der Waals surface area contributed by atoms with Crippen LogP contribution in [0.1, 0.15) is 34.6 Å². The Hall–Kier alpha value is -0.466. The van der Waals surface area contributed by atoms with Crippen molar-refractivity contribution in [2.24, 2.45) is 11.8 Å². The van der Waals surface area contributed by atoms with Crippen LogP contribution >= 0.6 is 0 Å². The average Bonchev–Trinajstić information content (AvgIpc) is 2.30. The number of β-lactam (4-membered cyclic amide) rings is 1. The molecule has 4 atom stereocenters. The maximum absolute atomic E-state index is 12.6. The molecule has 0 saturated carbocycles. The Kier molecular flexibility index (Phi) is 6.33. The Morgan fingerprint density at radius 2 is 1.67 bits per heavy atom. The van der Waals surface area contributed by atoms with Crippen LogP contribution in [-0.4, -0.2) is 40.2 Å². The minimum Gasteiger partial charge on any atom is -0.413 e. The first kappa shape index (κ1) is 21.6. The standard InChI is InChI=1S/C18H37NO3Si2/c1-12(14(20)11-23(6,7)8)16-15(17(21)19-16)13(2)22-24(9,10)18(3,4)5/h12-13,15-16H,11H2,1-10H3,(H,19,21). The van der Waals surface area contributed by atoms with Gasteiger partial charge in [0, 0.05) is 12.0 Å². The van der Waals surface area contributed by atoms with Crippen LogP contribution in [0.5, 0.6) is 0 Å². The van der Waals surface area contributed by atoms with Crippen molar-refractivity contribution in [3.63, 3.8) is 0 Å². The lowest BCUT2D eigenvalue weighted by Crippen LogP contribution is -2.66. The Morgan fingerprint density at radius 1 is 1.17 bits per heavy atom. The second kappa shape index (κ2) is 7.04. The van der Waals surface area contributed by atoms with Gasteiger partial charge in [0.1, 0.15) is 5.78 Å². The number of rotatable bonds is 7. The second-order valence-electron chi connectivity index (χ2n) is 10.1. The molecule has 1 rings (SSSR count). The predicted molar refractivity (Wildman–Crippen MR) is 105 cm³/mol. The van der Waals surface area contributed by atoms with Crippen LogP contribution in [-0.2, 0) is 14.0 Å². The number of hydrogen-bond acceptors (Lipinski definition) is 3. The van der Waals surface area contributed by atoms with E-state index >= 15 is 0 Å². The summed E-state index contributed by atoms with van der Waals surface area (Å²) in [4.78, 5) is 24.7. The van der Waals surface area contributed by atoms with E-state index in [4.69, 9.17) is 4.43 Å². The topological polar surface area (TPSA) is 55.4 Å². The van der Waals surface area contributed by atoms with Crippen LogP contribution in [0.25, 0.3) is 0 Å². The van der Waals surface area contributed by atoms with Gasteiger partial charge in [0.25, 0.3) is 0 Å². The molecule has 0 aromatic carbocycles. The number of carbonyl (C=O) groups excluding carboxylic acids is 2. The normalized spacial score (nSPS) is 24.8. The van der Waals surface area contributed by atoms with E-state index in [1.165, 1.54) is 0 Å². The number of ketones is 1. The van der Waals surface area contributed by atoms with Gasteiger partial charge in [-0.1, -0.05) is 47.3 Å². The van der Waals surface area contributed by atoms with Gasteiger partial charge in [-0.3, -0.25) is 9.59 Å². The Morgan fingerprint density at radius 3 is 2.04 bits per heavy atom. The van der Waals surface area contributed by atoms with Crippen LogP contribution in [0.15, 0.2) is 0 Å². The molecule has 1 aliphatic rings. The lowest BCUT2D eigenvalue weighted by Gasteiger charge is -2.47. The SMILES string of the molecule is CC(O[Si](C)(C)C(C)(C)C)C1C(=O)NC1C(C)C(=O)C[Si](C)(C)C. The van der Waals surface area contributed by atoms with Crippen LogP contribution in [0.4, 0.5) is 0 Å². The first-order chi connectivity index (χ1) is 10.6. The Bertz CT molecular complexity index is 491. The minimum atomic E-state index is -1.93. The summed E-state index contributed by atoms with van der Waals surface area (Å²) in [5, 5.41) is 3.06. The summed E-state index contributed by atoms with van der Waals surface area (Å²) in [6.45, 7) is 21.6. The molecule has 1 aliphatic heterocycles. The molecule has 0 radical (unpaired) electrons. The van der Waals surface area contributed by atoms with E-state index in [-0.39, 0.29) is 40.7 Å². The monoisotopic (exact) mass is 371 g/mol. The second-order valence-corrected chi connectivity index (χ2v) is 20.4. The third kappa shape index (κ3) is 5.02. The van der Waals surface area contributed by atoms with Gasteiger partial charge in [0.2, 0.25) is 5.91 Å². The highest BCUT2D eigenvalue weighted by Gasteiger charge is 2.50. The summed E-state index contributed by atoms with van der Waals surface area (Å²) in [5.74, 6) is -0.0350. The summed E-state index contributed by atoms with van der Waals surface area (Å²) < 4.78 is 6.41. The number of hydrogen-bond donors (Lipinski definition) is 1. The van der Waals surface area contributed by atoms with Crippen molar-refractivity contribution in [1.29, 1.82) is 0 Å². The van der Waals surface area contributed by atoms with Gasteiger partial charge >= 0.3 is 0 Å². The maximum Gasteiger partial charge on any atom is 0.228 e. The van der Waals surface area contributed by atoms with E-state index in [2.05, 4.69) is 58.8 Å². The molecular formula is C18H37NO3Si2. The van der Waals surface area contributed by atoms with Crippen LogP contribution in [0.2, 0.25) is 43.8 Å². The summed E-state index contributed by atoms with van der Waals surface area (Å²) in [6.07, 6.45) is -0.147. The smallest absolute Gasteiger partial charge is 0.228 e. The van der Waals surface area contributed by atoms with Gasteiger partial charge in [-0.25, -0.2) is 0 Å². The van der Waals surface area contributed by atoms with Gasteiger partial charge in [0.15, 0.2) is 8.32 Å². The molecule has 0 spiro atoms. The van der Waals surface area contributed by atoms with Crippen molar-refractivity contribution in [1.82, 2.24) is 5.32 Å². The summed E-state index contributed by atoms with van der Waals surface area (Å²) in [5.41, 5.74) is 0. The molecular weight excluding hydrogens is 334 g/mol. The van der Waals surface area contributed by atoms with Gasteiger partial charge < -0.3 is 9.74 Å². The highest BCUT2D eigenvalue weighted by atomic mass is 28.4. The van der Waals surface area contributed by atoms with E-state index in [1.54, 1.807) is 0 Å². The summed E-state index contributed by atoms with van der Waals surface area (Å²) in [7, 11) is -3.36. The molecule has 24 heavy (non-hydrogen) atoms. The fourth-order valence-corrected chi connectivity index (χ4v) is 5.75. The number of carbonyl (C=O) groups is 2. The van der Waals surface area contributed by atoms with E-state index < -0.39 is 16.4 Å². The molecule has 140 valence electrons. The third-order valence-electron chi connectivity index (χ3n) is 5.54. The number of Topliss-reactive ketones (excluding diaryl/α,β-unsaturated/α-hetero) is 1. The molecule has 0 bridgehead atoms. The fourth-order valence-electron chi connectivity index (χ4n) is 2.96. The zero-order chi connectivity index (χ0) is 19.1. The number of nitrogens with one attached hydrogen (secondary N) is 1. The summed E-state index contributed by atoms with van der Waals surface area (Å²) >= 11 is 0. The van der Waals surface area contributed by atoms with Crippen molar-refractivity contribution in [3.8, 4) is 0 Å². The van der Waals surface area contributed by atoms with Gasteiger partial charge in [0.05, 0.1) is 26.1 Å². The molecule has 1 heterocycles. The van der Waals surface area contributed by atoms with E-state index in [1.807, 2.05) is 13.8 Å². The fraction of sp³-hybridized carbons (Fsp3) is 0.889. The van der Waals surface area contributed by atoms with E-state index in [0.717, 1.165) is 0 Å². The van der Waals surface area contributed by atoms with Crippen molar-refractivity contribution in [3.05, 3.63) is 0 Å². The molecule has 4 nitrogen and oxygen atoms in total. The zero-order valence-electron chi connectivity index (χ0n) is 17.2. The quantitative estimate of drug-likeness (QED) is 0.542. The number of amides is 1. The first-order valence-corrected chi connectivity index (χ1v) is 15.7. The molecule has 0 aromatic heterocycles. The molecule has 1 saturated heterocycles. The van der Waals surface area contributed by atoms with Gasteiger partial charge in [-0.05, 0) is 25.1 Å². The predicted octanol–water partition coefficient (Wildman–Crippen LogP) is 4.05. The molecule has 1 fully saturated rings. The van der Waals surface area contributed by atoms with Crippen LogP contribution in [0, 0.1) is 11.8 Å². The lowest BCUT2D eigenvalue weighted by atomic mass is 9.77. The maximum atomic E-state index is 12.6. The largest absolute Gasteiger partial charge is 0.413 e. The molecule has 0 aliphatic carbocycles. The molecule has 6 heteroatoms. The van der Waals surface area contributed by atoms with Gasteiger partial charge in [-0.2, -0.15) is 0 Å². The van der Waals surface area contributed by atoms with E-state index in [9.17, 15) is 9.59 Å². The Labute approximate surface area is 150 Å². The molecule has 1 amide bonds. The van der Waals surface area contributed by atoms with Crippen molar-refractivity contribution < 1.29 is 14.0 Å². The molecule has 1 N–H and O–H groups in total. The first-order valence-electron chi connectivity index (χ1n) is 9.08. The Balaban J connectivity index is 2.80. The highest BCUT2D eigenvalue weighted by Crippen LogP contribution is 2.39. The van der Waals surface area contributed by atoms with Crippen molar-refractivity contribution >= 4 is 28.1 Å². The minimum absolute atomic E-state index is 0.0267. The van der Waals surface area contributed by atoms with Crippen molar-refractivity contribution in [2.75, 3.05) is 0 Å². The lowest BCUT2D eigenvalue weighted by molar-refractivity contribution is -0.143. The van der Waals surface area contributed by atoms with E-state index in [0.29, 0.717) is 6.04 Å².